The first-order valence-corrected chi connectivity index (χ1v) is 6.33. The van der Waals surface area contributed by atoms with E-state index < -0.39 is 0 Å². The largest absolute Gasteiger partial charge is 0.490 e. The summed E-state index contributed by atoms with van der Waals surface area (Å²) in [5, 5.41) is 0. The van der Waals surface area contributed by atoms with Crippen molar-refractivity contribution in [3.63, 3.8) is 0 Å². The predicted octanol–water partition coefficient (Wildman–Crippen LogP) is 3.67. The van der Waals surface area contributed by atoms with E-state index in [1.807, 2.05) is 12.1 Å². The summed E-state index contributed by atoms with van der Waals surface area (Å²) in [5.74, 6) is 1.65. The fourth-order valence-corrected chi connectivity index (χ4v) is 1.71. The van der Waals surface area contributed by atoms with Gasteiger partial charge >= 0.3 is 0 Å². The average Bonchev–Trinajstić information content (AvgIpc) is 2.25. The van der Waals surface area contributed by atoms with Crippen LogP contribution in [0.2, 0.25) is 0 Å². The van der Waals surface area contributed by atoms with E-state index >= 15 is 0 Å². The first-order chi connectivity index (χ1) is 7.29. The summed E-state index contributed by atoms with van der Waals surface area (Å²) in [6.07, 6.45) is 2.00. The van der Waals surface area contributed by atoms with Crippen molar-refractivity contribution >= 4 is 22.6 Å². The van der Waals surface area contributed by atoms with Gasteiger partial charge in [-0.2, -0.15) is 0 Å². The third-order valence-corrected chi connectivity index (χ3v) is 2.58. The Morgan fingerprint density at radius 2 is 1.87 bits per heavy atom. The number of hydrogen-bond donors (Lipinski definition) is 0. The number of hydrogen-bond acceptors (Lipinski definition) is 2. The molecule has 0 bridgehead atoms. The van der Waals surface area contributed by atoms with Crippen LogP contribution >= 0.6 is 22.6 Å². The van der Waals surface area contributed by atoms with Gasteiger partial charge in [0.05, 0.1) is 16.8 Å². The Morgan fingerprint density at radius 3 is 2.53 bits per heavy atom. The lowest BCUT2D eigenvalue weighted by atomic mass is 10.3. The van der Waals surface area contributed by atoms with Gasteiger partial charge in [-0.3, -0.25) is 0 Å². The van der Waals surface area contributed by atoms with E-state index in [1.54, 1.807) is 0 Å². The summed E-state index contributed by atoms with van der Waals surface area (Å²) in [5.41, 5.74) is 0. The summed E-state index contributed by atoms with van der Waals surface area (Å²) < 4.78 is 12.2. The molecule has 0 aromatic heterocycles. The third kappa shape index (κ3) is 3.89. The lowest BCUT2D eigenvalue weighted by Gasteiger charge is -2.12. The third-order valence-electron chi connectivity index (χ3n) is 1.78. The standard InChI is InChI=1S/C12H16IO2/c1-3-8-14-11-7-5-6-10(13)12(11)15-9-4-2/h5,7H,3-4,8-9H2,1-2H3. The second-order valence-corrected chi connectivity index (χ2v) is 4.26. The SMILES string of the molecule is CCCOc1cc[c]c(I)c1OCCC. The molecule has 0 aliphatic heterocycles. The summed E-state index contributed by atoms with van der Waals surface area (Å²) >= 11 is 2.22. The van der Waals surface area contributed by atoms with E-state index in [-0.39, 0.29) is 0 Å². The molecule has 15 heavy (non-hydrogen) atoms. The number of ether oxygens (including phenoxy) is 2. The number of rotatable bonds is 6. The lowest BCUT2D eigenvalue weighted by Crippen LogP contribution is -2.02. The Labute approximate surface area is 105 Å². The molecule has 0 amide bonds. The zero-order valence-electron chi connectivity index (χ0n) is 9.18. The van der Waals surface area contributed by atoms with Gasteiger partial charge < -0.3 is 9.47 Å². The van der Waals surface area contributed by atoms with Crippen LogP contribution in [0.1, 0.15) is 26.7 Å². The topological polar surface area (TPSA) is 18.5 Å². The second kappa shape index (κ2) is 6.93. The van der Waals surface area contributed by atoms with Gasteiger partial charge in [-0.1, -0.05) is 13.8 Å². The summed E-state index contributed by atoms with van der Waals surface area (Å²) in [6, 6.07) is 6.88. The lowest BCUT2D eigenvalue weighted by molar-refractivity contribution is 0.267. The van der Waals surface area contributed by atoms with Crippen LogP contribution < -0.4 is 9.47 Å². The maximum Gasteiger partial charge on any atom is 0.175 e. The Bertz CT molecular complexity index is 300. The molecular formula is C12H16IO2. The molecule has 3 heteroatoms. The van der Waals surface area contributed by atoms with Crippen molar-refractivity contribution in [3.05, 3.63) is 21.8 Å². The molecule has 0 unspecified atom stereocenters. The first-order valence-electron chi connectivity index (χ1n) is 5.25. The fourth-order valence-electron chi connectivity index (χ4n) is 1.10. The fraction of sp³-hybridized carbons (Fsp3) is 0.500. The maximum atomic E-state index is 5.65. The van der Waals surface area contributed by atoms with Crippen molar-refractivity contribution in [1.29, 1.82) is 0 Å². The molecule has 83 valence electrons. The summed E-state index contributed by atoms with van der Waals surface area (Å²) in [4.78, 5) is 0. The van der Waals surface area contributed by atoms with E-state index in [2.05, 4.69) is 42.5 Å². The summed E-state index contributed by atoms with van der Waals surface area (Å²) in [7, 11) is 0. The van der Waals surface area contributed by atoms with Gasteiger partial charge in [-0.05, 0) is 47.6 Å². The van der Waals surface area contributed by atoms with Crippen molar-refractivity contribution in [1.82, 2.24) is 0 Å². The Balaban J connectivity index is 2.77. The number of benzene rings is 1. The molecule has 1 aromatic rings. The van der Waals surface area contributed by atoms with Crippen LogP contribution in [0, 0.1) is 9.64 Å². The molecule has 0 aliphatic carbocycles. The number of halogens is 1. The zero-order chi connectivity index (χ0) is 11.1. The van der Waals surface area contributed by atoms with Crippen LogP contribution in [0.5, 0.6) is 11.5 Å². The van der Waals surface area contributed by atoms with Crippen LogP contribution in [0.15, 0.2) is 12.1 Å². The van der Waals surface area contributed by atoms with Crippen LogP contribution in [-0.2, 0) is 0 Å². The van der Waals surface area contributed by atoms with Crippen LogP contribution in [0.25, 0.3) is 0 Å². The van der Waals surface area contributed by atoms with Gasteiger partial charge in [0, 0.05) is 6.07 Å². The minimum Gasteiger partial charge on any atom is -0.490 e. The summed E-state index contributed by atoms with van der Waals surface area (Å²) in [6.45, 7) is 5.62. The molecule has 0 saturated heterocycles. The Morgan fingerprint density at radius 1 is 1.20 bits per heavy atom. The Kier molecular flexibility index (Phi) is 5.83. The van der Waals surface area contributed by atoms with Crippen molar-refractivity contribution in [2.24, 2.45) is 0 Å². The molecule has 0 saturated carbocycles. The van der Waals surface area contributed by atoms with Gasteiger partial charge in [0.1, 0.15) is 0 Å². The van der Waals surface area contributed by atoms with Gasteiger partial charge in [0.15, 0.2) is 11.5 Å². The molecule has 0 spiro atoms. The van der Waals surface area contributed by atoms with Gasteiger partial charge in [-0.25, -0.2) is 0 Å². The van der Waals surface area contributed by atoms with Gasteiger partial charge in [0.2, 0.25) is 0 Å². The molecule has 1 radical (unpaired) electrons. The highest BCUT2D eigenvalue weighted by Gasteiger charge is 2.08. The highest BCUT2D eigenvalue weighted by atomic mass is 127. The molecule has 0 aliphatic rings. The first kappa shape index (κ1) is 12.6. The minimum atomic E-state index is 0.719. The van der Waals surface area contributed by atoms with Crippen LogP contribution in [0.4, 0.5) is 0 Å². The molecule has 1 aromatic carbocycles. The minimum absolute atomic E-state index is 0.719. The zero-order valence-corrected chi connectivity index (χ0v) is 11.3. The van der Waals surface area contributed by atoms with Crippen LogP contribution in [-0.4, -0.2) is 13.2 Å². The highest BCUT2D eigenvalue weighted by Crippen LogP contribution is 2.32. The van der Waals surface area contributed by atoms with E-state index in [1.165, 1.54) is 0 Å². The molecule has 0 atom stereocenters. The van der Waals surface area contributed by atoms with Gasteiger partial charge in [-0.15, -0.1) is 0 Å². The molecule has 0 N–H and O–H groups in total. The van der Waals surface area contributed by atoms with Crippen LogP contribution in [0.3, 0.4) is 0 Å². The molecular weight excluding hydrogens is 303 g/mol. The molecule has 2 nitrogen and oxygen atoms in total. The van der Waals surface area contributed by atoms with E-state index in [4.69, 9.17) is 9.47 Å². The van der Waals surface area contributed by atoms with E-state index in [0.29, 0.717) is 0 Å². The second-order valence-electron chi connectivity index (χ2n) is 3.18. The van der Waals surface area contributed by atoms with E-state index in [9.17, 15) is 0 Å². The normalized spacial score (nSPS) is 10.1. The molecule has 0 heterocycles. The average molecular weight is 319 g/mol. The quantitative estimate of drug-likeness (QED) is 0.745. The van der Waals surface area contributed by atoms with Crippen molar-refractivity contribution < 1.29 is 9.47 Å². The molecule has 1 rings (SSSR count). The van der Waals surface area contributed by atoms with Crippen molar-refractivity contribution in [3.8, 4) is 11.5 Å². The monoisotopic (exact) mass is 319 g/mol. The van der Waals surface area contributed by atoms with Gasteiger partial charge in [0.25, 0.3) is 0 Å². The Hall–Kier alpha value is -0.450. The maximum absolute atomic E-state index is 5.65. The highest BCUT2D eigenvalue weighted by molar-refractivity contribution is 14.1. The van der Waals surface area contributed by atoms with Crippen molar-refractivity contribution in [2.45, 2.75) is 26.7 Å². The predicted molar refractivity (Wildman–Crippen MR) is 69.6 cm³/mol. The smallest absolute Gasteiger partial charge is 0.175 e. The molecule has 0 fully saturated rings. The van der Waals surface area contributed by atoms with Crippen molar-refractivity contribution in [2.75, 3.05) is 13.2 Å². The van der Waals surface area contributed by atoms with E-state index in [0.717, 1.165) is 41.1 Å².